The first-order valence-electron chi connectivity index (χ1n) is 11.8. The monoisotopic (exact) mass is 472 g/mol. The highest BCUT2D eigenvalue weighted by Gasteiger charge is 2.23. The number of aromatic nitrogens is 3. The average molecular weight is 473 g/mol. The summed E-state index contributed by atoms with van der Waals surface area (Å²) in [5.74, 6) is 1.46. The largest absolute Gasteiger partial charge is 0.489 e. The van der Waals surface area contributed by atoms with Gasteiger partial charge in [0.1, 0.15) is 23.9 Å². The molecule has 35 heavy (non-hydrogen) atoms. The van der Waals surface area contributed by atoms with Gasteiger partial charge in [-0.15, -0.1) is 0 Å². The van der Waals surface area contributed by atoms with Gasteiger partial charge in [0.05, 0.1) is 17.2 Å². The number of carbonyl (C=O) groups excluding carboxylic acids is 1. The van der Waals surface area contributed by atoms with Crippen molar-refractivity contribution in [1.29, 1.82) is 0 Å². The van der Waals surface area contributed by atoms with E-state index in [0.717, 1.165) is 47.8 Å². The molecule has 2 aromatic carbocycles. The molecule has 0 unspecified atom stereocenters. The van der Waals surface area contributed by atoms with Gasteiger partial charge in [0.2, 0.25) is 0 Å². The fourth-order valence-corrected chi connectivity index (χ4v) is 4.64. The molecule has 0 atom stereocenters. The fourth-order valence-electron chi connectivity index (χ4n) is 4.64. The molecule has 8 nitrogen and oxygen atoms in total. The number of fused-ring (bicyclic) bond motifs is 1. The minimum Gasteiger partial charge on any atom is -0.489 e. The van der Waals surface area contributed by atoms with Gasteiger partial charge in [-0.2, -0.15) is 0 Å². The van der Waals surface area contributed by atoms with E-state index >= 15 is 0 Å². The van der Waals surface area contributed by atoms with Crippen LogP contribution < -0.4 is 20.5 Å². The SMILES string of the molecule is Cc1cc(OCc2ccccc2)ccc1OC(=O)Nc1cc2c(cn1)n(C)c(=O)n2C1CCCC1. The predicted molar refractivity (Wildman–Crippen MR) is 134 cm³/mol. The van der Waals surface area contributed by atoms with Crippen molar-refractivity contribution in [3.63, 3.8) is 0 Å². The van der Waals surface area contributed by atoms with Crippen molar-refractivity contribution >= 4 is 22.9 Å². The Bertz CT molecular complexity index is 1420. The molecule has 1 aliphatic carbocycles. The predicted octanol–water partition coefficient (Wildman–Crippen LogP) is 5.35. The molecule has 180 valence electrons. The van der Waals surface area contributed by atoms with E-state index in [4.69, 9.17) is 9.47 Å². The van der Waals surface area contributed by atoms with Gasteiger partial charge in [-0.25, -0.2) is 14.6 Å². The highest BCUT2D eigenvalue weighted by molar-refractivity contribution is 5.88. The van der Waals surface area contributed by atoms with Crippen molar-refractivity contribution < 1.29 is 14.3 Å². The molecule has 0 spiro atoms. The van der Waals surface area contributed by atoms with Gasteiger partial charge in [-0.05, 0) is 49.1 Å². The number of nitrogens with one attached hydrogen (secondary N) is 1. The number of amides is 1. The fraction of sp³-hybridized carbons (Fsp3) is 0.296. The number of nitrogens with zero attached hydrogens (tertiary/aromatic N) is 3. The maximum absolute atomic E-state index is 12.8. The standard InChI is InChI=1S/C27H28N4O4/c1-18-14-21(34-17-19-8-4-3-5-9-19)12-13-24(18)35-26(32)29-25-15-22-23(16-28-25)30(2)27(33)31(22)20-10-6-7-11-20/h3-5,8-9,12-16,20H,6-7,10-11,17H2,1-2H3,(H,28,29,32). The summed E-state index contributed by atoms with van der Waals surface area (Å²) in [6, 6.07) is 17.1. The molecule has 2 aromatic heterocycles. The van der Waals surface area contributed by atoms with Gasteiger partial charge in [0.15, 0.2) is 0 Å². The molecule has 1 fully saturated rings. The van der Waals surface area contributed by atoms with Crippen molar-refractivity contribution in [3.05, 3.63) is 82.4 Å². The summed E-state index contributed by atoms with van der Waals surface area (Å²) in [4.78, 5) is 29.7. The Morgan fingerprint density at radius 1 is 1.09 bits per heavy atom. The van der Waals surface area contributed by atoms with E-state index < -0.39 is 6.09 Å². The number of hydrogen-bond donors (Lipinski definition) is 1. The summed E-state index contributed by atoms with van der Waals surface area (Å²) in [6.07, 6.45) is 5.16. The van der Waals surface area contributed by atoms with Gasteiger partial charge in [0, 0.05) is 19.2 Å². The second-order valence-corrected chi connectivity index (χ2v) is 8.92. The minimum atomic E-state index is -0.649. The molecule has 0 radical (unpaired) electrons. The summed E-state index contributed by atoms with van der Waals surface area (Å²) in [5.41, 5.74) is 3.30. The van der Waals surface area contributed by atoms with Crippen LogP contribution in [0.1, 0.15) is 42.9 Å². The van der Waals surface area contributed by atoms with E-state index in [9.17, 15) is 9.59 Å². The summed E-state index contributed by atoms with van der Waals surface area (Å²) >= 11 is 0. The number of imidazole rings is 1. The van der Waals surface area contributed by atoms with Crippen LogP contribution in [0.3, 0.4) is 0 Å². The molecule has 0 aliphatic heterocycles. The molecule has 0 saturated heterocycles. The van der Waals surface area contributed by atoms with Crippen LogP contribution in [0.4, 0.5) is 10.6 Å². The van der Waals surface area contributed by atoms with E-state index in [2.05, 4.69) is 10.3 Å². The number of aryl methyl sites for hydroxylation is 2. The second-order valence-electron chi connectivity index (χ2n) is 8.92. The molecule has 0 bridgehead atoms. The minimum absolute atomic E-state index is 0.0568. The van der Waals surface area contributed by atoms with Crippen LogP contribution in [0.2, 0.25) is 0 Å². The molecule has 1 N–H and O–H groups in total. The van der Waals surface area contributed by atoms with Crippen LogP contribution in [0.25, 0.3) is 11.0 Å². The van der Waals surface area contributed by atoms with Crippen LogP contribution in [0, 0.1) is 6.92 Å². The van der Waals surface area contributed by atoms with Crippen LogP contribution in [-0.4, -0.2) is 20.2 Å². The zero-order valence-corrected chi connectivity index (χ0v) is 19.9. The smallest absolute Gasteiger partial charge is 0.418 e. The van der Waals surface area contributed by atoms with Crippen LogP contribution in [0.5, 0.6) is 11.5 Å². The number of benzene rings is 2. The lowest BCUT2D eigenvalue weighted by atomic mass is 10.2. The third kappa shape index (κ3) is 4.77. The zero-order valence-electron chi connectivity index (χ0n) is 19.9. The quantitative estimate of drug-likeness (QED) is 0.409. The lowest BCUT2D eigenvalue weighted by Crippen LogP contribution is -2.24. The molecule has 8 heteroatoms. The van der Waals surface area contributed by atoms with E-state index in [1.807, 2.05) is 47.9 Å². The lowest BCUT2D eigenvalue weighted by Gasteiger charge is -2.12. The van der Waals surface area contributed by atoms with Gasteiger partial charge < -0.3 is 9.47 Å². The average Bonchev–Trinajstić information content (AvgIpc) is 3.46. The van der Waals surface area contributed by atoms with Gasteiger partial charge >= 0.3 is 11.8 Å². The van der Waals surface area contributed by atoms with Crippen LogP contribution in [-0.2, 0) is 13.7 Å². The Morgan fingerprint density at radius 3 is 2.60 bits per heavy atom. The maximum Gasteiger partial charge on any atom is 0.418 e. The third-order valence-electron chi connectivity index (χ3n) is 6.49. The normalized spacial score (nSPS) is 13.8. The Balaban J connectivity index is 1.28. The molecular weight excluding hydrogens is 444 g/mol. The van der Waals surface area contributed by atoms with Crippen molar-refractivity contribution in [2.75, 3.05) is 5.32 Å². The summed E-state index contributed by atoms with van der Waals surface area (Å²) < 4.78 is 14.8. The van der Waals surface area contributed by atoms with Crippen LogP contribution in [0.15, 0.2) is 65.6 Å². The number of ether oxygens (including phenoxy) is 2. The lowest BCUT2D eigenvalue weighted by molar-refractivity contribution is 0.214. The number of anilines is 1. The van der Waals surface area contributed by atoms with E-state index in [0.29, 0.717) is 23.9 Å². The number of carbonyl (C=O) groups is 1. The van der Waals surface area contributed by atoms with E-state index in [1.54, 1.807) is 36.0 Å². The number of pyridine rings is 1. The first-order chi connectivity index (χ1) is 17.0. The van der Waals surface area contributed by atoms with E-state index in [1.165, 1.54) is 0 Å². The Kier molecular flexibility index (Phi) is 6.27. The van der Waals surface area contributed by atoms with Crippen LogP contribution >= 0.6 is 0 Å². The zero-order chi connectivity index (χ0) is 24.4. The van der Waals surface area contributed by atoms with Crippen molar-refractivity contribution in [2.45, 2.75) is 45.3 Å². The molecule has 5 rings (SSSR count). The topological polar surface area (TPSA) is 87.4 Å². The molecule has 2 heterocycles. The summed E-state index contributed by atoms with van der Waals surface area (Å²) in [5, 5.41) is 2.69. The third-order valence-corrected chi connectivity index (χ3v) is 6.49. The highest BCUT2D eigenvalue weighted by atomic mass is 16.6. The summed E-state index contributed by atoms with van der Waals surface area (Å²) in [7, 11) is 1.75. The molecule has 1 amide bonds. The van der Waals surface area contributed by atoms with Gasteiger partial charge in [0.25, 0.3) is 0 Å². The van der Waals surface area contributed by atoms with Gasteiger partial charge in [-0.1, -0.05) is 43.2 Å². The molecule has 4 aromatic rings. The second kappa shape index (κ2) is 9.66. The number of hydrogen-bond acceptors (Lipinski definition) is 5. The number of rotatable bonds is 6. The Labute approximate surface area is 203 Å². The molecular formula is C27H28N4O4. The van der Waals surface area contributed by atoms with Crippen molar-refractivity contribution in [3.8, 4) is 11.5 Å². The van der Waals surface area contributed by atoms with Gasteiger partial charge in [-0.3, -0.25) is 14.5 Å². The summed E-state index contributed by atoms with van der Waals surface area (Å²) in [6.45, 7) is 2.31. The Hall–Kier alpha value is -4.07. The Morgan fingerprint density at radius 2 is 1.86 bits per heavy atom. The highest BCUT2D eigenvalue weighted by Crippen LogP contribution is 2.31. The maximum atomic E-state index is 12.8. The van der Waals surface area contributed by atoms with Crippen molar-refractivity contribution in [1.82, 2.24) is 14.1 Å². The first kappa shape index (κ1) is 22.7. The van der Waals surface area contributed by atoms with E-state index in [-0.39, 0.29) is 11.7 Å². The molecule has 1 aliphatic rings. The first-order valence-corrected chi connectivity index (χ1v) is 11.8. The molecule has 1 saturated carbocycles. The van der Waals surface area contributed by atoms with Crippen molar-refractivity contribution in [2.24, 2.45) is 7.05 Å².